The number of rotatable bonds is 7. The van der Waals surface area contributed by atoms with Gasteiger partial charge in [-0.15, -0.1) is 0 Å². The highest BCUT2D eigenvalue weighted by Crippen LogP contribution is 2.35. The Morgan fingerprint density at radius 3 is 1.84 bits per heavy atom. The second-order valence-electron chi connectivity index (χ2n) is 6.84. The molecule has 0 amide bonds. The molecule has 0 aliphatic carbocycles. The van der Waals surface area contributed by atoms with Gasteiger partial charge in [0.25, 0.3) is 0 Å². The molecule has 10 nitrogen and oxygen atoms in total. The molecule has 5 atom stereocenters. The van der Waals surface area contributed by atoms with Crippen LogP contribution >= 0.6 is 11.8 Å². The molecular weight excluding hydrogens is 444 g/mol. The zero-order valence-corrected chi connectivity index (χ0v) is 18.8. The van der Waals surface area contributed by atoms with E-state index in [1.807, 2.05) is 0 Å². The van der Waals surface area contributed by atoms with E-state index in [0.717, 1.165) is 20.8 Å². The Bertz CT molecular complexity index is 855. The third kappa shape index (κ3) is 7.34. The summed E-state index contributed by atoms with van der Waals surface area (Å²) in [5, 5.41) is -0.397. The van der Waals surface area contributed by atoms with Crippen LogP contribution in [0.4, 0.5) is 0 Å². The van der Waals surface area contributed by atoms with Gasteiger partial charge in [0.05, 0.1) is 0 Å². The fourth-order valence-electron chi connectivity index (χ4n) is 3.03. The van der Waals surface area contributed by atoms with Crippen LogP contribution in [0.1, 0.15) is 38.1 Å². The topological polar surface area (TPSA) is 132 Å². The van der Waals surface area contributed by atoms with Crippen molar-refractivity contribution in [1.29, 1.82) is 0 Å². The molecule has 0 saturated carbocycles. The zero-order chi connectivity index (χ0) is 23.8. The Kier molecular flexibility index (Phi) is 9.21. The maximum Gasteiger partial charge on any atom is 0.303 e. The molecule has 1 heterocycles. The lowest BCUT2D eigenvalue weighted by Crippen LogP contribution is -2.61. The summed E-state index contributed by atoms with van der Waals surface area (Å²) in [7, 11) is 0. The largest absolute Gasteiger partial charge is 0.463 e. The number of thioether (sulfide) groups is 1. The third-order valence-electron chi connectivity index (χ3n) is 4.18. The van der Waals surface area contributed by atoms with Gasteiger partial charge in [0, 0.05) is 33.3 Å². The molecule has 11 heteroatoms. The minimum atomic E-state index is -1.31. The Labute approximate surface area is 188 Å². The summed E-state index contributed by atoms with van der Waals surface area (Å²) in [5.74, 6) is -2.81. The van der Waals surface area contributed by atoms with Crippen LogP contribution in [0.2, 0.25) is 0 Å². The van der Waals surface area contributed by atoms with E-state index in [2.05, 4.69) is 0 Å². The Balaban J connectivity index is 2.42. The maximum atomic E-state index is 12.8. The van der Waals surface area contributed by atoms with Gasteiger partial charge in [0.2, 0.25) is 5.12 Å². The van der Waals surface area contributed by atoms with E-state index in [1.54, 1.807) is 30.3 Å². The second kappa shape index (κ2) is 11.6. The van der Waals surface area contributed by atoms with Crippen LogP contribution in [0.25, 0.3) is 0 Å². The molecule has 174 valence electrons. The van der Waals surface area contributed by atoms with E-state index in [0.29, 0.717) is 17.3 Å². The quantitative estimate of drug-likeness (QED) is 0.427. The van der Waals surface area contributed by atoms with E-state index in [9.17, 15) is 24.0 Å². The van der Waals surface area contributed by atoms with Crippen LogP contribution in [0.5, 0.6) is 0 Å². The summed E-state index contributed by atoms with van der Waals surface area (Å²) in [6.07, 6.45) is -4.95. The van der Waals surface area contributed by atoms with Gasteiger partial charge in [-0.25, -0.2) is 0 Å². The molecule has 0 N–H and O–H groups in total. The molecule has 0 aromatic heterocycles. The number of ether oxygens (including phenoxy) is 5. The second-order valence-corrected chi connectivity index (χ2v) is 7.91. The van der Waals surface area contributed by atoms with Gasteiger partial charge in [-0.2, -0.15) is 0 Å². The lowest BCUT2D eigenvalue weighted by Gasteiger charge is -2.43. The minimum Gasteiger partial charge on any atom is -0.463 e. The summed E-state index contributed by atoms with van der Waals surface area (Å²) in [4.78, 5) is 59.4. The Hall–Kier alpha value is -2.92. The lowest BCUT2D eigenvalue weighted by atomic mass is 9.99. The van der Waals surface area contributed by atoms with Gasteiger partial charge in [-0.1, -0.05) is 30.3 Å². The monoisotopic (exact) mass is 468 g/mol. The lowest BCUT2D eigenvalue weighted by molar-refractivity contribution is -0.237. The molecule has 1 aromatic carbocycles. The molecule has 0 radical (unpaired) electrons. The standard InChI is InChI=1S/C21H24O10S/c1-11(22)27-10-16-17(28-12(2)23)18(29-13(3)24)19(30-14(4)25)21(31-16)32-20(26)15-8-6-5-7-9-15/h5-9,16-19,21H,10H2,1-4H3/t16-,17+,18-,19-,21-/m0/s1. The van der Waals surface area contributed by atoms with Crippen molar-refractivity contribution in [2.24, 2.45) is 0 Å². The molecule has 0 bridgehead atoms. The number of hydrogen-bond donors (Lipinski definition) is 0. The van der Waals surface area contributed by atoms with Crippen molar-refractivity contribution in [1.82, 2.24) is 0 Å². The molecule has 2 rings (SSSR count). The van der Waals surface area contributed by atoms with Crippen molar-refractivity contribution in [3.63, 3.8) is 0 Å². The van der Waals surface area contributed by atoms with Gasteiger partial charge in [0.15, 0.2) is 23.7 Å². The first-order chi connectivity index (χ1) is 15.1. The molecule has 32 heavy (non-hydrogen) atoms. The van der Waals surface area contributed by atoms with Gasteiger partial charge in [0.1, 0.15) is 12.7 Å². The average Bonchev–Trinajstić information content (AvgIpc) is 2.70. The first-order valence-electron chi connectivity index (χ1n) is 9.65. The van der Waals surface area contributed by atoms with E-state index in [-0.39, 0.29) is 6.61 Å². The van der Waals surface area contributed by atoms with Crippen molar-refractivity contribution in [3.05, 3.63) is 35.9 Å². The summed E-state index contributed by atoms with van der Waals surface area (Å²) >= 11 is 0.703. The zero-order valence-electron chi connectivity index (χ0n) is 18.0. The number of benzene rings is 1. The highest BCUT2D eigenvalue weighted by atomic mass is 32.2. The van der Waals surface area contributed by atoms with E-state index < -0.39 is 58.8 Å². The van der Waals surface area contributed by atoms with Crippen LogP contribution in [0, 0.1) is 0 Å². The average molecular weight is 468 g/mol. The summed E-state index contributed by atoms with van der Waals surface area (Å²) in [5.41, 5.74) is -0.784. The van der Waals surface area contributed by atoms with Crippen LogP contribution in [0.15, 0.2) is 30.3 Å². The molecule has 1 aromatic rings. The van der Waals surface area contributed by atoms with Crippen LogP contribution in [0.3, 0.4) is 0 Å². The van der Waals surface area contributed by atoms with Crippen LogP contribution in [-0.2, 0) is 42.9 Å². The molecule has 0 spiro atoms. The molecule has 1 fully saturated rings. The van der Waals surface area contributed by atoms with Crippen molar-refractivity contribution in [2.75, 3.05) is 6.61 Å². The third-order valence-corrected chi connectivity index (χ3v) is 5.24. The van der Waals surface area contributed by atoms with Crippen LogP contribution in [-0.4, -0.2) is 65.5 Å². The summed E-state index contributed by atoms with van der Waals surface area (Å²) in [6.45, 7) is 4.23. The van der Waals surface area contributed by atoms with Crippen molar-refractivity contribution in [3.8, 4) is 0 Å². The number of carbonyl (C=O) groups excluding carboxylic acids is 5. The predicted molar refractivity (Wildman–Crippen MR) is 110 cm³/mol. The predicted octanol–water partition coefficient (Wildman–Crippen LogP) is 1.64. The molecular formula is C21H24O10S. The highest BCUT2D eigenvalue weighted by molar-refractivity contribution is 8.14. The molecule has 0 unspecified atom stereocenters. The van der Waals surface area contributed by atoms with Gasteiger partial charge in [-0.3, -0.25) is 24.0 Å². The number of carbonyl (C=O) groups is 5. The minimum absolute atomic E-state index is 0.353. The first kappa shape index (κ1) is 25.3. The van der Waals surface area contributed by atoms with Gasteiger partial charge in [-0.05, 0) is 11.8 Å². The maximum absolute atomic E-state index is 12.8. The molecule has 1 saturated heterocycles. The first-order valence-corrected chi connectivity index (χ1v) is 10.5. The Morgan fingerprint density at radius 2 is 1.31 bits per heavy atom. The van der Waals surface area contributed by atoms with Crippen LogP contribution < -0.4 is 0 Å². The van der Waals surface area contributed by atoms with Crippen molar-refractivity contribution in [2.45, 2.75) is 57.5 Å². The van der Waals surface area contributed by atoms with Gasteiger partial charge < -0.3 is 23.7 Å². The fraction of sp³-hybridized carbons (Fsp3) is 0.476. The van der Waals surface area contributed by atoms with Crippen molar-refractivity contribution < 1.29 is 47.7 Å². The number of hydrogen-bond acceptors (Lipinski definition) is 11. The number of esters is 4. The Morgan fingerprint density at radius 1 is 0.781 bits per heavy atom. The highest BCUT2D eigenvalue weighted by Gasteiger charge is 2.53. The smallest absolute Gasteiger partial charge is 0.303 e. The SMILES string of the molecule is CC(=O)OC[C@@H]1O[C@@H](SC(=O)c2ccccc2)[C@@H](OC(C)=O)[C@@H](OC(C)=O)[C@@H]1OC(C)=O. The summed E-state index contributed by atoms with van der Waals surface area (Å²) < 4.78 is 26.8. The van der Waals surface area contributed by atoms with E-state index in [1.165, 1.54) is 6.92 Å². The fourth-order valence-corrected chi connectivity index (χ4v) is 4.06. The van der Waals surface area contributed by atoms with E-state index >= 15 is 0 Å². The van der Waals surface area contributed by atoms with Crippen molar-refractivity contribution >= 4 is 40.8 Å². The molecule has 1 aliphatic heterocycles. The van der Waals surface area contributed by atoms with Gasteiger partial charge >= 0.3 is 23.9 Å². The summed E-state index contributed by atoms with van der Waals surface area (Å²) in [6, 6.07) is 8.30. The molecule has 1 aliphatic rings. The normalized spacial score (nSPS) is 24.7. The van der Waals surface area contributed by atoms with E-state index in [4.69, 9.17) is 23.7 Å².